The zero-order valence-corrected chi connectivity index (χ0v) is 9.13. The van der Waals surface area contributed by atoms with Crippen molar-refractivity contribution < 1.29 is 13.9 Å². The molecule has 2 atom stereocenters. The minimum absolute atomic E-state index is 0.0111. The number of nitrogens with one attached hydrogen (secondary N) is 1. The normalized spacial score (nSPS) is 20.9. The van der Waals surface area contributed by atoms with Gasteiger partial charge in [0, 0.05) is 17.6 Å². The zero-order valence-electron chi connectivity index (χ0n) is 9.13. The predicted molar refractivity (Wildman–Crippen MR) is 57.1 cm³/mol. The van der Waals surface area contributed by atoms with Gasteiger partial charge in [-0.25, -0.2) is 8.78 Å². The summed E-state index contributed by atoms with van der Waals surface area (Å²) in [5, 5.41) is 12.0. The van der Waals surface area contributed by atoms with Crippen molar-refractivity contribution in [1.29, 1.82) is 0 Å². The van der Waals surface area contributed by atoms with E-state index in [9.17, 15) is 8.78 Å². The molecule has 1 aliphatic carbocycles. The van der Waals surface area contributed by atoms with Crippen LogP contribution < -0.4 is 5.32 Å². The molecule has 0 saturated heterocycles. The zero-order chi connectivity index (χ0) is 11.7. The van der Waals surface area contributed by atoms with Gasteiger partial charge in [0.15, 0.2) is 0 Å². The van der Waals surface area contributed by atoms with Gasteiger partial charge in [-0.2, -0.15) is 0 Å². The molecule has 1 aromatic rings. The van der Waals surface area contributed by atoms with Crippen LogP contribution in [0.3, 0.4) is 0 Å². The van der Waals surface area contributed by atoms with E-state index < -0.39 is 0 Å². The fourth-order valence-electron chi connectivity index (χ4n) is 2.24. The van der Waals surface area contributed by atoms with Gasteiger partial charge in [0.25, 0.3) is 0 Å². The molecule has 4 heteroatoms. The van der Waals surface area contributed by atoms with Gasteiger partial charge < -0.3 is 10.4 Å². The second-order valence-electron chi connectivity index (χ2n) is 4.26. The molecule has 2 rings (SSSR count). The standard InChI is InChI=1S/C12H15F2NO/c1-7(6-16)15-11-5-2-8-9(13)3-4-10(14)12(8)11/h3-4,7,11,15-16H,2,5-6H2,1H3. The second kappa shape index (κ2) is 4.47. The molecular weight excluding hydrogens is 212 g/mol. The molecule has 2 nitrogen and oxygen atoms in total. The average molecular weight is 227 g/mol. The lowest BCUT2D eigenvalue weighted by Gasteiger charge is -2.19. The van der Waals surface area contributed by atoms with Crippen molar-refractivity contribution in [3.8, 4) is 0 Å². The van der Waals surface area contributed by atoms with E-state index in [2.05, 4.69) is 5.32 Å². The smallest absolute Gasteiger partial charge is 0.128 e. The predicted octanol–water partition coefficient (Wildman–Crippen LogP) is 1.92. The Bertz CT molecular complexity index is 395. The molecule has 0 saturated carbocycles. The number of benzene rings is 1. The molecule has 1 aromatic carbocycles. The maximum atomic E-state index is 13.6. The lowest BCUT2D eigenvalue weighted by atomic mass is 10.1. The third kappa shape index (κ3) is 1.95. The van der Waals surface area contributed by atoms with Crippen molar-refractivity contribution in [2.45, 2.75) is 31.8 Å². The molecule has 0 aromatic heterocycles. The second-order valence-corrected chi connectivity index (χ2v) is 4.26. The average Bonchev–Trinajstić information content (AvgIpc) is 2.68. The molecule has 0 amide bonds. The molecular formula is C12H15F2NO. The largest absolute Gasteiger partial charge is 0.395 e. The van der Waals surface area contributed by atoms with E-state index in [0.717, 1.165) is 6.07 Å². The van der Waals surface area contributed by atoms with Gasteiger partial charge in [-0.05, 0) is 37.5 Å². The van der Waals surface area contributed by atoms with Gasteiger partial charge in [-0.1, -0.05) is 0 Å². The van der Waals surface area contributed by atoms with Gasteiger partial charge in [0.1, 0.15) is 11.6 Å². The van der Waals surface area contributed by atoms with Crippen LogP contribution in [0, 0.1) is 11.6 Å². The summed E-state index contributed by atoms with van der Waals surface area (Å²) >= 11 is 0. The summed E-state index contributed by atoms with van der Waals surface area (Å²) in [6.07, 6.45) is 1.23. The summed E-state index contributed by atoms with van der Waals surface area (Å²) in [7, 11) is 0. The van der Waals surface area contributed by atoms with Gasteiger partial charge in [-0.3, -0.25) is 0 Å². The van der Waals surface area contributed by atoms with E-state index in [4.69, 9.17) is 5.11 Å². The molecule has 0 bridgehead atoms. The quantitative estimate of drug-likeness (QED) is 0.827. The van der Waals surface area contributed by atoms with Gasteiger partial charge in [-0.15, -0.1) is 0 Å². The first-order chi connectivity index (χ1) is 7.63. The molecule has 0 radical (unpaired) electrons. The van der Waals surface area contributed by atoms with Gasteiger partial charge >= 0.3 is 0 Å². The van der Waals surface area contributed by atoms with Crippen LogP contribution in [-0.2, 0) is 6.42 Å². The Morgan fingerprint density at radius 2 is 2.12 bits per heavy atom. The Hall–Kier alpha value is -1.00. The summed E-state index contributed by atoms with van der Waals surface area (Å²) in [4.78, 5) is 0. The van der Waals surface area contributed by atoms with E-state index in [1.54, 1.807) is 0 Å². The Morgan fingerprint density at radius 3 is 2.81 bits per heavy atom. The summed E-state index contributed by atoms with van der Waals surface area (Å²) in [5.41, 5.74) is 0.905. The SMILES string of the molecule is CC(CO)NC1CCc2c(F)ccc(F)c21. The maximum Gasteiger partial charge on any atom is 0.128 e. The monoisotopic (exact) mass is 227 g/mol. The third-order valence-electron chi connectivity index (χ3n) is 3.04. The molecule has 1 aliphatic rings. The number of rotatable bonds is 3. The lowest BCUT2D eigenvalue weighted by molar-refractivity contribution is 0.240. The summed E-state index contributed by atoms with van der Waals surface area (Å²) in [6, 6.07) is 2.04. The Kier molecular flexibility index (Phi) is 3.21. The minimum Gasteiger partial charge on any atom is -0.395 e. The van der Waals surface area contributed by atoms with Crippen molar-refractivity contribution >= 4 is 0 Å². The van der Waals surface area contributed by atoms with Crippen LogP contribution in [0.1, 0.15) is 30.5 Å². The highest BCUT2D eigenvalue weighted by molar-refractivity contribution is 5.37. The van der Waals surface area contributed by atoms with Crippen LogP contribution in [0.4, 0.5) is 8.78 Å². The van der Waals surface area contributed by atoms with Crippen molar-refractivity contribution in [3.63, 3.8) is 0 Å². The van der Waals surface area contributed by atoms with Crippen LogP contribution in [-0.4, -0.2) is 17.8 Å². The van der Waals surface area contributed by atoms with E-state index in [0.29, 0.717) is 24.0 Å². The highest BCUT2D eigenvalue weighted by Crippen LogP contribution is 2.34. The lowest BCUT2D eigenvalue weighted by Crippen LogP contribution is -2.32. The Balaban J connectivity index is 2.28. The summed E-state index contributed by atoms with van der Waals surface area (Å²) in [5.74, 6) is -0.700. The number of hydrogen-bond donors (Lipinski definition) is 2. The van der Waals surface area contributed by atoms with Crippen LogP contribution in [0.25, 0.3) is 0 Å². The third-order valence-corrected chi connectivity index (χ3v) is 3.04. The summed E-state index contributed by atoms with van der Waals surface area (Å²) in [6.45, 7) is 1.80. The molecule has 0 aliphatic heterocycles. The molecule has 0 spiro atoms. The fraction of sp³-hybridized carbons (Fsp3) is 0.500. The number of fused-ring (bicyclic) bond motifs is 1. The van der Waals surface area contributed by atoms with Crippen LogP contribution >= 0.6 is 0 Å². The number of aliphatic hydroxyl groups is 1. The van der Waals surface area contributed by atoms with Crippen LogP contribution in [0.15, 0.2) is 12.1 Å². The topological polar surface area (TPSA) is 32.3 Å². The van der Waals surface area contributed by atoms with E-state index in [-0.39, 0.29) is 30.3 Å². The first-order valence-corrected chi connectivity index (χ1v) is 5.47. The Labute approximate surface area is 93.3 Å². The summed E-state index contributed by atoms with van der Waals surface area (Å²) < 4.78 is 27.0. The van der Waals surface area contributed by atoms with Gasteiger partial charge in [0.2, 0.25) is 0 Å². The van der Waals surface area contributed by atoms with Crippen molar-refractivity contribution in [2.24, 2.45) is 0 Å². The number of aliphatic hydroxyl groups excluding tert-OH is 1. The minimum atomic E-state index is -0.364. The first-order valence-electron chi connectivity index (χ1n) is 5.47. The molecule has 2 unspecified atom stereocenters. The van der Waals surface area contributed by atoms with E-state index in [1.165, 1.54) is 6.07 Å². The van der Waals surface area contributed by atoms with E-state index >= 15 is 0 Å². The Morgan fingerprint density at radius 1 is 1.44 bits per heavy atom. The van der Waals surface area contributed by atoms with Crippen molar-refractivity contribution in [3.05, 3.63) is 34.9 Å². The molecule has 0 fully saturated rings. The number of halogens is 2. The molecule has 16 heavy (non-hydrogen) atoms. The first kappa shape index (κ1) is 11.5. The van der Waals surface area contributed by atoms with Crippen molar-refractivity contribution in [1.82, 2.24) is 5.32 Å². The molecule has 0 heterocycles. The molecule has 88 valence electrons. The van der Waals surface area contributed by atoms with Crippen LogP contribution in [0.5, 0.6) is 0 Å². The highest BCUT2D eigenvalue weighted by atomic mass is 19.1. The highest BCUT2D eigenvalue weighted by Gasteiger charge is 2.28. The van der Waals surface area contributed by atoms with Crippen molar-refractivity contribution in [2.75, 3.05) is 6.61 Å². The van der Waals surface area contributed by atoms with E-state index in [1.807, 2.05) is 6.92 Å². The molecule has 2 N–H and O–H groups in total. The number of hydrogen-bond acceptors (Lipinski definition) is 2. The maximum absolute atomic E-state index is 13.6. The van der Waals surface area contributed by atoms with Crippen LogP contribution in [0.2, 0.25) is 0 Å². The fourth-order valence-corrected chi connectivity index (χ4v) is 2.24. The van der Waals surface area contributed by atoms with Gasteiger partial charge in [0.05, 0.1) is 6.61 Å².